The fraction of sp³-hybridized carbons (Fsp3) is 0.500. The fourth-order valence-corrected chi connectivity index (χ4v) is 2.93. The molecule has 0 saturated heterocycles. The molecule has 0 fully saturated rings. The molecule has 0 saturated carbocycles. The Balaban J connectivity index is 2.26. The van der Waals surface area contributed by atoms with E-state index >= 15 is 0 Å². The quantitative estimate of drug-likeness (QED) is 0.828. The molecule has 2 heterocycles. The van der Waals surface area contributed by atoms with E-state index in [-0.39, 0.29) is 17.9 Å². The number of hydrogen-bond donors (Lipinski definition) is 2. The Hall–Kier alpha value is -0.910. The molecule has 98 valence electrons. The largest absolute Gasteiger partial charge is 0.396 e. The molecule has 1 unspecified atom stereocenters. The van der Waals surface area contributed by atoms with E-state index in [1.54, 1.807) is 11.3 Å². The van der Waals surface area contributed by atoms with Crippen LogP contribution in [-0.4, -0.2) is 27.7 Å². The zero-order valence-corrected chi connectivity index (χ0v) is 12.0. The lowest BCUT2D eigenvalue weighted by Crippen LogP contribution is -2.16. The topological polar surface area (TPSA) is 58.0 Å². The zero-order chi connectivity index (χ0) is 13.1. The Morgan fingerprint density at radius 3 is 3.00 bits per heavy atom. The number of aromatic nitrogens is 2. The summed E-state index contributed by atoms with van der Waals surface area (Å²) in [5.41, 5.74) is 0. The third kappa shape index (κ3) is 3.10. The first-order valence-electron chi connectivity index (χ1n) is 5.91. The molecular formula is C12H16ClN3OS. The van der Waals surface area contributed by atoms with E-state index in [1.165, 1.54) is 4.88 Å². The van der Waals surface area contributed by atoms with Crippen LogP contribution in [0.15, 0.2) is 6.07 Å². The summed E-state index contributed by atoms with van der Waals surface area (Å²) in [4.78, 5) is 10.6. The average Bonchev–Trinajstić information content (AvgIpc) is 2.67. The molecular weight excluding hydrogens is 270 g/mol. The van der Waals surface area contributed by atoms with E-state index < -0.39 is 0 Å². The molecule has 0 aliphatic rings. The number of aryl methyl sites for hydroxylation is 1. The highest BCUT2D eigenvalue weighted by atomic mass is 35.5. The van der Waals surface area contributed by atoms with Crippen LogP contribution in [0.3, 0.4) is 0 Å². The van der Waals surface area contributed by atoms with Crippen LogP contribution in [0.1, 0.15) is 24.6 Å². The number of nitrogens with one attached hydrogen (secondary N) is 1. The average molecular weight is 286 g/mol. The van der Waals surface area contributed by atoms with Crippen LogP contribution in [0.4, 0.5) is 5.82 Å². The Morgan fingerprint density at radius 1 is 1.50 bits per heavy atom. The molecule has 2 aromatic rings. The van der Waals surface area contributed by atoms with E-state index in [9.17, 15) is 0 Å². The van der Waals surface area contributed by atoms with E-state index in [0.717, 1.165) is 28.9 Å². The molecule has 1 atom stereocenters. The van der Waals surface area contributed by atoms with Crippen LogP contribution in [0.5, 0.6) is 0 Å². The van der Waals surface area contributed by atoms with Gasteiger partial charge < -0.3 is 10.4 Å². The van der Waals surface area contributed by atoms with Crippen LogP contribution in [0.25, 0.3) is 10.2 Å². The lowest BCUT2D eigenvalue weighted by atomic mass is 10.2. The summed E-state index contributed by atoms with van der Waals surface area (Å²) in [5, 5.41) is 13.4. The molecule has 0 amide bonds. The lowest BCUT2D eigenvalue weighted by molar-refractivity contribution is 0.282. The smallest absolute Gasteiger partial charge is 0.225 e. The van der Waals surface area contributed by atoms with E-state index in [1.807, 2.05) is 6.92 Å². The van der Waals surface area contributed by atoms with Crippen LogP contribution >= 0.6 is 22.9 Å². The molecule has 0 radical (unpaired) electrons. The normalized spacial score (nSPS) is 12.9. The zero-order valence-electron chi connectivity index (χ0n) is 10.4. The van der Waals surface area contributed by atoms with Crippen molar-refractivity contribution in [2.75, 3.05) is 11.9 Å². The van der Waals surface area contributed by atoms with Gasteiger partial charge in [-0.2, -0.15) is 0 Å². The number of thiophene rings is 1. The molecule has 6 heteroatoms. The highest BCUT2D eigenvalue weighted by Gasteiger charge is 2.11. The van der Waals surface area contributed by atoms with Crippen LogP contribution in [0.2, 0.25) is 5.28 Å². The first-order valence-corrected chi connectivity index (χ1v) is 7.10. The number of nitrogens with zero attached hydrogens (tertiary/aromatic N) is 2. The van der Waals surface area contributed by atoms with Crippen LogP contribution in [-0.2, 0) is 0 Å². The summed E-state index contributed by atoms with van der Waals surface area (Å²) < 4.78 is 0. The Morgan fingerprint density at radius 2 is 2.28 bits per heavy atom. The van der Waals surface area contributed by atoms with Gasteiger partial charge in [-0.05, 0) is 44.4 Å². The van der Waals surface area contributed by atoms with E-state index in [2.05, 4.69) is 28.3 Å². The monoisotopic (exact) mass is 285 g/mol. The van der Waals surface area contributed by atoms with Crippen molar-refractivity contribution in [3.63, 3.8) is 0 Å². The van der Waals surface area contributed by atoms with Gasteiger partial charge in [-0.25, -0.2) is 9.97 Å². The number of fused-ring (bicyclic) bond motifs is 1. The van der Waals surface area contributed by atoms with Gasteiger partial charge in [0, 0.05) is 17.5 Å². The summed E-state index contributed by atoms with van der Waals surface area (Å²) in [7, 11) is 0. The van der Waals surface area contributed by atoms with Crippen LogP contribution in [0, 0.1) is 6.92 Å². The van der Waals surface area contributed by atoms with Crippen molar-refractivity contribution in [3.05, 3.63) is 16.2 Å². The Kier molecular flexibility index (Phi) is 4.37. The first-order chi connectivity index (χ1) is 8.60. The van der Waals surface area contributed by atoms with Crippen molar-refractivity contribution in [2.24, 2.45) is 0 Å². The summed E-state index contributed by atoms with van der Waals surface area (Å²) in [6.45, 7) is 4.32. The third-order valence-corrected chi connectivity index (χ3v) is 3.78. The van der Waals surface area contributed by atoms with Gasteiger partial charge in [0.2, 0.25) is 5.28 Å². The fourth-order valence-electron chi connectivity index (χ4n) is 1.83. The molecule has 2 aromatic heterocycles. The summed E-state index contributed by atoms with van der Waals surface area (Å²) in [6.07, 6.45) is 1.67. The minimum absolute atomic E-state index is 0.212. The second kappa shape index (κ2) is 5.82. The van der Waals surface area contributed by atoms with Gasteiger partial charge in [0.15, 0.2) is 0 Å². The maximum Gasteiger partial charge on any atom is 0.225 e. The van der Waals surface area contributed by atoms with Gasteiger partial charge in [-0.1, -0.05) is 0 Å². The predicted octanol–water partition coefficient (Wildman–Crippen LogP) is 3.23. The van der Waals surface area contributed by atoms with Crippen molar-refractivity contribution in [2.45, 2.75) is 32.7 Å². The summed E-state index contributed by atoms with van der Waals surface area (Å²) >= 11 is 7.54. The maximum atomic E-state index is 8.83. The third-order valence-electron chi connectivity index (χ3n) is 2.67. The number of halogens is 1. The molecule has 2 N–H and O–H groups in total. The van der Waals surface area contributed by atoms with Crippen molar-refractivity contribution in [1.82, 2.24) is 9.97 Å². The van der Waals surface area contributed by atoms with Crippen molar-refractivity contribution < 1.29 is 5.11 Å². The van der Waals surface area contributed by atoms with Gasteiger partial charge in [-0.15, -0.1) is 11.3 Å². The molecule has 0 bridgehead atoms. The minimum atomic E-state index is 0.212. The highest BCUT2D eigenvalue weighted by molar-refractivity contribution is 7.18. The van der Waals surface area contributed by atoms with Crippen LogP contribution < -0.4 is 5.32 Å². The minimum Gasteiger partial charge on any atom is -0.396 e. The molecule has 0 aliphatic heterocycles. The first kappa shape index (κ1) is 13.5. The molecule has 0 aromatic carbocycles. The maximum absolute atomic E-state index is 8.83. The van der Waals surface area contributed by atoms with Gasteiger partial charge in [-0.3, -0.25) is 0 Å². The lowest BCUT2D eigenvalue weighted by Gasteiger charge is -2.14. The van der Waals surface area contributed by atoms with Gasteiger partial charge in [0.05, 0.1) is 5.39 Å². The number of hydrogen-bond acceptors (Lipinski definition) is 5. The molecule has 0 spiro atoms. The number of aliphatic hydroxyl groups is 1. The van der Waals surface area contributed by atoms with Crippen molar-refractivity contribution in [3.8, 4) is 0 Å². The van der Waals surface area contributed by atoms with Gasteiger partial charge in [0.1, 0.15) is 10.6 Å². The number of anilines is 1. The van der Waals surface area contributed by atoms with Crippen molar-refractivity contribution in [1.29, 1.82) is 0 Å². The highest BCUT2D eigenvalue weighted by Crippen LogP contribution is 2.30. The van der Waals surface area contributed by atoms with Crippen molar-refractivity contribution >= 4 is 39.0 Å². The summed E-state index contributed by atoms with van der Waals surface area (Å²) in [6, 6.07) is 2.31. The molecule has 18 heavy (non-hydrogen) atoms. The SMILES string of the molecule is Cc1cc2c(NC(C)CCCO)nc(Cl)nc2s1. The number of rotatable bonds is 5. The standard InChI is InChI=1S/C12H16ClN3OS/c1-7(4-3-5-17)14-10-9-6-8(2)18-11(9)16-12(13)15-10/h6-7,17H,3-5H2,1-2H3,(H,14,15,16). The molecule has 4 nitrogen and oxygen atoms in total. The summed E-state index contributed by atoms with van der Waals surface area (Å²) in [5.74, 6) is 0.778. The van der Waals surface area contributed by atoms with Gasteiger partial charge >= 0.3 is 0 Å². The predicted molar refractivity (Wildman–Crippen MR) is 76.6 cm³/mol. The number of aliphatic hydroxyl groups excluding tert-OH is 1. The van der Waals surface area contributed by atoms with E-state index in [4.69, 9.17) is 16.7 Å². The Bertz CT molecular complexity index is 543. The molecule has 2 rings (SSSR count). The molecule has 0 aliphatic carbocycles. The second-order valence-electron chi connectivity index (χ2n) is 4.33. The van der Waals surface area contributed by atoms with E-state index in [0.29, 0.717) is 0 Å². The Labute approximate surface area is 115 Å². The second-order valence-corrected chi connectivity index (χ2v) is 5.90. The van der Waals surface area contributed by atoms with Gasteiger partial charge in [0.25, 0.3) is 0 Å².